The highest BCUT2D eigenvalue weighted by molar-refractivity contribution is 5.76. The van der Waals surface area contributed by atoms with Gasteiger partial charge in [0.15, 0.2) is 0 Å². The van der Waals surface area contributed by atoms with E-state index in [-0.39, 0.29) is 11.9 Å². The molecule has 1 atom stereocenters. The first kappa shape index (κ1) is 12.0. The Labute approximate surface area is 101 Å². The van der Waals surface area contributed by atoms with Gasteiger partial charge in [-0.1, -0.05) is 6.92 Å². The maximum absolute atomic E-state index is 13.3. The number of aryl methyl sites for hydroxylation is 1. The largest absolute Gasteiger partial charge is 0.327 e. The summed E-state index contributed by atoms with van der Waals surface area (Å²) >= 11 is 0. The molecule has 3 nitrogen and oxygen atoms in total. The number of rotatable bonds is 4. The summed E-state index contributed by atoms with van der Waals surface area (Å²) in [6.07, 6.45) is 0. The van der Waals surface area contributed by atoms with Crippen LogP contribution in [0.3, 0.4) is 0 Å². The van der Waals surface area contributed by atoms with Crippen LogP contribution < -0.4 is 5.32 Å². The molecule has 1 heterocycles. The molecular formula is C13H18FN3. The lowest BCUT2D eigenvalue weighted by atomic mass is 10.3. The van der Waals surface area contributed by atoms with Crippen LogP contribution in [0, 0.1) is 5.82 Å². The maximum atomic E-state index is 13.3. The molecule has 1 aromatic carbocycles. The second kappa shape index (κ2) is 4.84. The maximum Gasteiger partial charge on any atom is 0.126 e. The minimum atomic E-state index is -0.213. The molecule has 4 heteroatoms. The van der Waals surface area contributed by atoms with E-state index in [4.69, 9.17) is 0 Å². The molecule has 0 fully saturated rings. The van der Waals surface area contributed by atoms with Gasteiger partial charge in [0.2, 0.25) is 0 Å². The van der Waals surface area contributed by atoms with Crippen LogP contribution in [0.1, 0.15) is 32.6 Å². The summed E-state index contributed by atoms with van der Waals surface area (Å²) in [4.78, 5) is 4.58. The first-order valence-electron chi connectivity index (χ1n) is 6.06. The van der Waals surface area contributed by atoms with Crippen LogP contribution in [-0.2, 0) is 6.54 Å². The van der Waals surface area contributed by atoms with Crippen molar-refractivity contribution >= 4 is 11.0 Å². The van der Waals surface area contributed by atoms with Gasteiger partial charge in [0.1, 0.15) is 11.6 Å². The van der Waals surface area contributed by atoms with Crippen LogP contribution in [0.25, 0.3) is 11.0 Å². The average molecular weight is 235 g/mol. The van der Waals surface area contributed by atoms with Crippen molar-refractivity contribution < 1.29 is 4.39 Å². The zero-order chi connectivity index (χ0) is 12.4. The molecule has 0 aliphatic rings. The average Bonchev–Trinajstić information content (AvgIpc) is 2.67. The molecule has 2 aromatic rings. The molecular weight excluding hydrogens is 217 g/mol. The molecule has 0 saturated carbocycles. The summed E-state index contributed by atoms with van der Waals surface area (Å²) in [5.74, 6) is 0.754. The van der Waals surface area contributed by atoms with E-state index in [9.17, 15) is 4.39 Å². The number of hydrogen-bond donors (Lipinski definition) is 1. The minimum Gasteiger partial charge on any atom is -0.327 e. The van der Waals surface area contributed by atoms with Crippen LogP contribution in [0.4, 0.5) is 4.39 Å². The van der Waals surface area contributed by atoms with Crippen LogP contribution in [0.5, 0.6) is 0 Å². The molecule has 0 amide bonds. The Morgan fingerprint density at radius 2 is 2.18 bits per heavy atom. The molecule has 0 spiro atoms. The van der Waals surface area contributed by atoms with Gasteiger partial charge < -0.3 is 9.88 Å². The number of hydrogen-bond acceptors (Lipinski definition) is 2. The third kappa shape index (κ3) is 2.17. The molecule has 0 saturated heterocycles. The SMILES string of the molecule is CCNC(C)c1nc2ccc(F)cc2n1CC. The van der Waals surface area contributed by atoms with Gasteiger partial charge in [-0.05, 0) is 38.6 Å². The third-order valence-electron chi connectivity index (χ3n) is 2.95. The third-order valence-corrected chi connectivity index (χ3v) is 2.95. The van der Waals surface area contributed by atoms with Crippen molar-refractivity contribution in [3.8, 4) is 0 Å². The molecule has 0 aliphatic carbocycles. The number of benzene rings is 1. The normalized spacial score (nSPS) is 13.2. The second-order valence-corrected chi connectivity index (χ2v) is 4.13. The smallest absolute Gasteiger partial charge is 0.126 e. The van der Waals surface area contributed by atoms with E-state index in [0.29, 0.717) is 0 Å². The zero-order valence-corrected chi connectivity index (χ0v) is 10.5. The summed E-state index contributed by atoms with van der Waals surface area (Å²) in [5.41, 5.74) is 1.72. The van der Waals surface area contributed by atoms with E-state index in [1.807, 2.05) is 6.92 Å². The lowest BCUT2D eigenvalue weighted by Gasteiger charge is -2.13. The van der Waals surface area contributed by atoms with E-state index in [1.165, 1.54) is 6.07 Å². The zero-order valence-electron chi connectivity index (χ0n) is 10.5. The van der Waals surface area contributed by atoms with E-state index in [1.54, 1.807) is 12.1 Å². The lowest BCUT2D eigenvalue weighted by molar-refractivity contribution is 0.537. The fraction of sp³-hybridized carbons (Fsp3) is 0.462. The van der Waals surface area contributed by atoms with Crippen molar-refractivity contribution in [2.45, 2.75) is 33.4 Å². The Bertz CT molecular complexity index is 519. The fourth-order valence-electron chi connectivity index (χ4n) is 2.17. The number of nitrogens with zero attached hydrogens (tertiary/aromatic N) is 2. The number of nitrogens with one attached hydrogen (secondary N) is 1. The highest BCUT2D eigenvalue weighted by atomic mass is 19.1. The van der Waals surface area contributed by atoms with Crippen LogP contribution in [0.2, 0.25) is 0 Å². The first-order valence-corrected chi connectivity index (χ1v) is 6.06. The molecule has 1 N–H and O–H groups in total. The van der Waals surface area contributed by atoms with E-state index in [2.05, 4.69) is 28.7 Å². The molecule has 1 aromatic heterocycles. The quantitative estimate of drug-likeness (QED) is 0.883. The van der Waals surface area contributed by atoms with Crippen LogP contribution >= 0.6 is 0 Å². The summed E-state index contributed by atoms with van der Waals surface area (Å²) < 4.78 is 15.3. The van der Waals surface area contributed by atoms with Gasteiger partial charge in [-0.2, -0.15) is 0 Å². The summed E-state index contributed by atoms with van der Waals surface area (Å²) in [5, 5.41) is 3.33. The molecule has 17 heavy (non-hydrogen) atoms. The Kier molecular flexibility index (Phi) is 3.43. The summed E-state index contributed by atoms with van der Waals surface area (Å²) in [6, 6.07) is 4.92. The Balaban J connectivity index is 2.55. The van der Waals surface area contributed by atoms with Gasteiger partial charge in [0, 0.05) is 6.54 Å². The van der Waals surface area contributed by atoms with Crippen molar-refractivity contribution in [1.29, 1.82) is 0 Å². The molecule has 92 valence electrons. The van der Waals surface area contributed by atoms with Gasteiger partial charge in [-0.3, -0.25) is 0 Å². The number of imidazole rings is 1. The van der Waals surface area contributed by atoms with Crippen molar-refractivity contribution in [3.05, 3.63) is 29.8 Å². The molecule has 2 rings (SSSR count). The standard InChI is InChI=1S/C13H18FN3/c1-4-15-9(3)13-16-11-7-6-10(14)8-12(11)17(13)5-2/h6-9,15H,4-5H2,1-3H3. The second-order valence-electron chi connectivity index (χ2n) is 4.13. The predicted octanol–water partition coefficient (Wildman–Crippen LogP) is 2.87. The Hall–Kier alpha value is -1.42. The van der Waals surface area contributed by atoms with Crippen molar-refractivity contribution in [2.24, 2.45) is 0 Å². The first-order chi connectivity index (χ1) is 8.17. The monoisotopic (exact) mass is 235 g/mol. The van der Waals surface area contributed by atoms with Crippen molar-refractivity contribution in [2.75, 3.05) is 6.54 Å². The van der Waals surface area contributed by atoms with Gasteiger partial charge in [-0.15, -0.1) is 0 Å². The Morgan fingerprint density at radius 1 is 1.41 bits per heavy atom. The fourth-order valence-corrected chi connectivity index (χ4v) is 2.17. The highest BCUT2D eigenvalue weighted by Crippen LogP contribution is 2.21. The van der Waals surface area contributed by atoms with E-state index >= 15 is 0 Å². The van der Waals surface area contributed by atoms with Crippen molar-refractivity contribution in [3.63, 3.8) is 0 Å². The van der Waals surface area contributed by atoms with Gasteiger partial charge >= 0.3 is 0 Å². The molecule has 0 aliphatic heterocycles. The molecule has 1 unspecified atom stereocenters. The van der Waals surface area contributed by atoms with E-state index in [0.717, 1.165) is 29.9 Å². The van der Waals surface area contributed by atoms with Gasteiger partial charge in [0.05, 0.1) is 17.1 Å². The number of aromatic nitrogens is 2. The van der Waals surface area contributed by atoms with Crippen molar-refractivity contribution in [1.82, 2.24) is 14.9 Å². The van der Waals surface area contributed by atoms with Crippen LogP contribution in [-0.4, -0.2) is 16.1 Å². The van der Waals surface area contributed by atoms with Gasteiger partial charge in [-0.25, -0.2) is 9.37 Å². The highest BCUT2D eigenvalue weighted by Gasteiger charge is 2.15. The number of halogens is 1. The molecule has 0 bridgehead atoms. The topological polar surface area (TPSA) is 29.9 Å². The number of fused-ring (bicyclic) bond motifs is 1. The summed E-state index contributed by atoms with van der Waals surface area (Å²) in [6.45, 7) is 7.88. The predicted molar refractivity (Wildman–Crippen MR) is 67.5 cm³/mol. The molecule has 0 radical (unpaired) electrons. The van der Waals surface area contributed by atoms with Gasteiger partial charge in [0.25, 0.3) is 0 Å². The van der Waals surface area contributed by atoms with E-state index < -0.39 is 0 Å². The Morgan fingerprint density at radius 3 is 2.82 bits per heavy atom. The lowest BCUT2D eigenvalue weighted by Crippen LogP contribution is -2.21. The van der Waals surface area contributed by atoms with Crippen LogP contribution in [0.15, 0.2) is 18.2 Å². The minimum absolute atomic E-state index is 0.176. The summed E-state index contributed by atoms with van der Waals surface area (Å²) in [7, 11) is 0.